The fourth-order valence-corrected chi connectivity index (χ4v) is 5.94. The smallest absolute Gasteiger partial charge is 0.244 e. The highest BCUT2D eigenvalue weighted by Gasteiger charge is 2.30. The first-order valence-electron chi connectivity index (χ1n) is 9.41. The molecule has 10 heteroatoms. The highest BCUT2D eigenvalue weighted by molar-refractivity contribution is 7.98. The second-order valence-electron chi connectivity index (χ2n) is 6.82. The fourth-order valence-electron chi connectivity index (χ4n) is 3.23. The number of halogens is 2. The Bertz CT molecular complexity index is 1010. The van der Waals surface area contributed by atoms with E-state index in [-0.39, 0.29) is 15.8 Å². The van der Waals surface area contributed by atoms with Crippen LogP contribution >= 0.6 is 35.0 Å². The maximum atomic E-state index is 12.9. The SMILES string of the molecule is CSc1ccccc1NC(=O)CCN1CCN(S(=O)(=O)c2cc(Cl)ccc2Cl)CC1. The number of hydrogen-bond donors (Lipinski definition) is 1. The number of piperazine rings is 1. The molecule has 0 unspecified atom stereocenters. The van der Waals surface area contributed by atoms with Gasteiger partial charge in [0.15, 0.2) is 0 Å². The molecule has 162 valence electrons. The molecule has 0 bridgehead atoms. The van der Waals surface area contributed by atoms with Gasteiger partial charge in [-0.15, -0.1) is 11.8 Å². The van der Waals surface area contributed by atoms with Crippen molar-refractivity contribution in [2.75, 3.05) is 44.3 Å². The number of benzene rings is 2. The minimum Gasteiger partial charge on any atom is -0.325 e. The van der Waals surface area contributed by atoms with Crippen LogP contribution in [0.3, 0.4) is 0 Å². The largest absolute Gasteiger partial charge is 0.325 e. The highest BCUT2D eigenvalue weighted by atomic mass is 35.5. The lowest BCUT2D eigenvalue weighted by molar-refractivity contribution is -0.116. The van der Waals surface area contributed by atoms with E-state index in [1.54, 1.807) is 17.8 Å². The Balaban J connectivity index is 1.52. The quantitative estimate of drug-likeness (QED) is 0.596. The van der Waals surface area contributed by atoms with E-state index in [9.17, 15) is 13.2 Å². The van der Waals surface area contributed by atoms with Gasteiger partial charge >= 0.3 is 0 Å². The van der Waals surface area contributed by atoms with Crippen LogP contribution in [0, 0.1) is 0 Å². The van der Waals surface area contributed by atoms with Crippen LogP contribution in [-0.4, -0.2) is 62.5 Å². The predicted octanol–water partition coefficient (Wildman–Crippen LogP) is 4.05. The third kappa shape index (κ3) is 5.69. The van der Waals surface area contributed by atoms with Crippen molar-refractivity contribution >= 4 is 56.6 Å². The van der Waals surface area contributed by atoms with Crippen LogP contribution in [0.4, 0.5) is 5.69 Å². The second kappa shape index (κ2) is 10.3. The molecule has 1 aliphatic rings. The zero-order valence-corrected chi connectivity index (χ0v) is 19.6. The van der Waals surface area contributed by atoms with Crippen LogP contribution in [-0.2, 0) is 14.8 Å². The van der Waals surface area contributed by atoms with Gasteiger partial charge in [0, 0.05) is 49.1 Å². The molecule has 0 aliphatic carbocycles. The van der Waals surface area contributed by atoms with E-state index in [1.165, 1.54) is 16.4 Å². The summed E-state index contributed by atoms with van der Waals surface area (Å²) in [7, 11) is -3.71. The van der Waals surface area contributed by atoms with Crippen LogP contribution in [0.2, 0.25) is 10.0 Å². The van der Waals surface area contributed by atoms with Gasteiger partial charge in [0.25, 0.3) is 0 Å². The summed E-state index contributed by atoms with van der Waals surface area (Å²) in [6.45, 7) is 2.33. The van der Waals surface area contributed by atoms with Gasteiger partial charge < -0.3 is 10.2 Å². The molecule has 1 N–H and O–H groups in total. The van der Waals surface area contributed by atoms with Gasteiger partial charge in [0.1, 0.15) is 4.90 Å². The van der Waals surface area contributed by atoms with Crippen molar-refractivity contribution in [3.63, 3.8) is 0 Å². The summed E-state index contributed by atoms with van der Waals surface area (Å²) in [6, 6.07) is 12.1. The summed E-state index contributed by atoms with van der Waals surface area (Å²) in [5, 5.41) is 3.43. The Labute approximate surface area is 191 Å². The number of thioether (sulfide) groups is 1. The van der Waals surface area contributed by atoms with Gasteiger partial charge in [0.05, 0.1) is 10.7 Å². The number of hydrogen-bond acceptors (Lipinski definition) is 5. The number of nitrogens with zero attached hydrogens (tertiary/aromatic N) is 2. The molecule has 30 heavy (non-hydrogen) atoms. The van der Waals surface area contributed by atoms with E-state index in [0.29, 0.717) is 44.2 Å². The lowest BCUT2D eigenvalue weighted by Crippen LogP contribution is -2.49. The first-order chi connectivity index (χ1) is 14.3. The third-order valence-corrected chi connectivity index (χ3v) is 8.29. The number of nitrogens with one attached hydrogen (secondary N) is 1. The number of anilines is 1. The normalized spacial score (nSPS) is 15.8. The van der Waals surface area contributed by atoms with Gasteiger partial charge in [-0.3, -0.25) is 4.79 Å². The van der Waals surface area contributed by atoms with E-state index < -0.39 is 10.0 Å². The predicted molar refractivity (Wildman–Crippen MR) is 123 cm³/mol. The number of carbonyl (C=O) groups is 1. The molecule has 0 spiro atoms. The minimum absolute atomic E-state index is 0.0250. The van der Waals surface area contributed by atoms with Crippen LogP contribution in [0.5, 0.6) is 0 Å². The molecule has 0 atom stereocenters. The molecule has 3 rings (SSSR count). The molecule has 1 aliphatic heterocycles. The Kier molecular flexibility index (Phi) is 8.06. The minimum atomic E-state index is -3.71. The summed E-state index contributed by atoms with van der Waals surface area (Å²) in [4.78, 5) is 15.5. The fraction of sp³-hybridized carbons (Fsp3) is 0.350. The lowest BCUT2D eigenvalue weighted by atomic mass is 10.3. The van der Waals surface area contributed by atoms with Gasteiger partial charge in [-0.2, -0.15) is 4.31 Å². The molecule has 1 fully saturated rings. The molecule has 0 aromatic heterocycles. The number of para-hydroxylation sites is 1. The summed E-state index contributed by atoms with van der Waals surface area (Å²) in [6.07, 6.45) is 2.31. The van der Waals surface area contributed by atoms with Gasteiger partial charge in [-0.05, 0) is 36.6 Å². The van der Waals surface area contributed by atoms with Crippen LogP contribution < -0.4 is 5.32 Å². The lowest BCUT2D eigenvalue weighted by Gasteiger charge is -2.34. The topological polar surface area (TPSA) is 69.7 Å². The average Bonchev–Trinajstić information content (AvgIpc) is 2.74. The zero-order chi connectivity index (χ0) is 21.7. The molecular weight excluding hydrogens is 465 g/mol. The van der Waals surface area contributed by atoms with E-state index in [1.807, 2.05) is 30.5 Å². The number of amides is 1. The van der Waals surface area contributed by atoms with E-state index in [0.717, 1.165) is 10.6 Å². The van der Waals surface area contributed by atoms with E-state index in [4.69, 9.17) is 23.2 Å². The Morgan fingerprint density at radius 1 is 1.10 bits per heavy atom. The molecule has 6 nitrogen and oxygen atoms in total. The van der Waals surface area contributed by atoms with E-state index >= 15 is 0 Å². The van der Waals surface area contributed by atoms with E-state index in [2.05, 4.69) is 10.2 Å². The Morgan fingerprint density at radius 2 is 1.80 bits per heavy atom. The molecule has 0 saturated carbocycles. The molecule has 2 aromatic rings. The van der Waals surface area contributed by atoms with Crippen molar-refractivity contribution < 1.29 is 13.2 Å². The number of rotatable bonds is 7. The summed E-state index contributed by atoms with van der Waals surface area (Å²) in [5.41, 5.74) is 0.810. The van der Waals surface area contributed by atoms with Crippen molar-refractivity contribution in [2.45, 2.75) is 16.2 Å². The summed E-state index contributed by atoms with van der Waals surface area (Å²) in [5.74, 6) is -0.0581. The molecular formula is C20H23Cl2N3O3S2. The first kappa shape index (κ1) is 23.4. The van der Waals surface area contributed by atoms with Crippen molar-refractivity contribution in [1.29, 1.82) is 0 Å². The molecule has 0 radical (unpaired) electrons. The number of sulfonamides is 1. The van der Waals surface area contributed by atoms with Gasteiger partial charge in [0.2, 0.25) is 15.9 Å². The van der Waals surface area contributed by atoms with Crippen LogP contribution in [0.25, 0.3) is 0 Å². The third-order valence-electron chi connectivity index (χ3n) is 4.88. The van der Waals surface area contributed by atoms with Crippen molar-refractivity contribution in [3.8, 4) is 0 Å². The Hall–Kier alpha value is -1.29. The van der Waals surface area contributed by atoms with Gasteiger partial charge in [-0.1, -0.05) is 35.3 Å². The average molecular weight is 488 g/mol. The summed E-state index contributed by atoms with van der Waals surface area (Å²) >= 11 is 13.6. The second-order valence-corrected chi connectivity index (χ2v) is 10.4. The van der Waals surface area contributed by atoms with Crippen LogP contribution in [0.1, 0.15) is 6.42 Å². The standard InChI is InChI=1S/C20H23Cl2N3O3S2/c1-29-18-5-3-2-4-17(18)23-20(26)8-9-24-10-12-25(13-11-24)30(27,28)19-14-15(21)6-7-16(19)22/h2-7,14H,8-13H2,1H3,(H,23,26). The molecule has 1 heterocycles. The van der Waals surface area contributed by atoms with Gasteiger partial charge in [-0.25, -0.2) is 8.42 Å². The molecule has 1 amide bonds. The first-order valence-corrected chi connectivity index (χ1v) is 12.8. The van der Waals surface area contributed by atoms with Crippen molar-refractivity contribution in [2.24, 2.45) is 0 Å². The Morgan fingerprint density at radius 3 is 2.50 bits per heavy atom. The maximum Gasteiger partial charge on any atom is 0.244 e. The van der Waals surface area contributed by atoms with Crippen LogP contribution in [0.15, 0.2) is 52.3 Å². The van der Waals surface area contributed by atoms with Crippen molar-refractivity contribution in [1.82, 2.24) is 9.21 Å². The maximum absolute atomic E-state index is 12.9. The number of carbonyl (C=O) groups excluding carboxylic acids is 1. The monoisotopic (exact) mass is 487 g/mol. The summed E-state index contributed by atoms with van der Waals surface area (Å²) < 4.78 is 27.2. The highest BCUT2D eigenvalue weighted by Crippen LogP contribution is 2.28. The zero-order valence-electron chi connectivity index (χ0n) is 16.5. The molecule has 1 saturated heterocycles. The van der Waals surface area contributed by atoms with Crippen molar-refractivity contribution in [3.05, 3.63) is 52.5 Å². The molecule has 2 aromatic carbocycles.